The van der Waals surface area contributed by atoms with Crippen molar-refractivity contribution in [1.82, 2.24) is 0 Å². The van der Waals surface area contributed by atoms with E-state index in [4.69, 9.17) is 4.42 Å². The standard InChI is InChI=1S/C12H11BrO2S/c13-12-6-5-11(16-12)8-9(14)3-4-10-2-1-7-15-10/h1-2,5-7H,3-4,8H2. The van der Waals surface area contributed by atoms with Crippen LogP contribution in [-0.2, 0) is 17.6 Å². The second kappa shape index (κ2) is 5.46. The van der Waals surface area contributed by atoms with E-state index >= 15 is 0 Å². The van der Waals surface area contributed by atoms with Crippen molar-refractivity contribution in [3.63, 3.8) is 0 Å². The Kier molecular flexibility index (Phi) is 3.96. The van der Waals surface area contributed by atoms with Gasteiger partial charge in [0.2, 0.25) is 0 Å². The summed E-state index contributed by atoms with van der Waals surface area (Å²) < 4.78 is 6.25. The molecule has 2 rings (SSSR count). The molecule has 0 aromatic carbocycles. The number of carbonyl (C=O) groups excluding carboxylic acids is 1. The van der Waals surface area contributed by atoms with Crippen LogP contribution in [0.4, 0.5) is 0 Å². The van der Waals surface area contributed by atoms with E-state index in [0.717, 1.165) is 14.4 Å². The summed E-state index contributed by atoms with van der Waals surface area (Å²) in [6.07, 6.45) is 3.40. The summed E-state index contributed by atoms with van der Waals surface area (Å²) in [6.45, 7) is 0. The molecule has 0 N–H and O–H groups in total. The number of halogens is 1. The summed E-state index contributed by atoms with van der Waals surface area (Å²) in [5, 5.41) is 0. The fourth-order valence-electron chi connectivity index (χ4n) is 1.45. The third-order valence-electron chi connectivity index (χ3n) is 2.23. The van der Waals surface area contributed by atoms with Gasteiger partial charge in [-0.15, -0.1) is 11.3 Å². The first-order chi connectivity index (χ1) is 7.74. The Labute approximate surface area is 106 Å². The summed E-state index contributed by atoms with van der Waals surface area (Å²) in [5.74, 6) is 1.13. The molecule has 0 aliphatic heterocycles. The molecular weight excluding hydrogens is 288 g/mol. The summed E-state index contributed by atoms with van der Waals surface area (Å²) >= 11 is 5.00. The van der Waals surface area contributed by atoms with Gasteiger partial charge in [-0.1, -0.05) is 0 Å². The molecule has 0 unspecified atom stereocenters. The number of rotatable bonds is 5. The van der Waals surface area contributed by atoms with Gasteiger partial charge in [-0.25, -0.2) is 0 Å². The van der Waals surface area contributed by atoms with Crippen LogP contribution in [0.2, 0.25) is 0 Å². The fraction of sp³-hybridized carbons (Fsp3) is 0.250. The van der Waals surface area contributed by atoms with Crippen LogP contribution < -0.4 is 0 Å². The van der Waals surface area contributed by atoms with Crippen molar-refractivity contribution >= 4 is 33.0 Å². The number of Topliss-reactive ketones (excluding diaryl/α,β-unsaturated/α-hetero) is 1. The molecule has 2 aromatic rings. The van der Waals surface area contributed by atoms with E-state index < -0.39 is 0 Å². The Morgan fingerprint density at radius 2 is 2.25 bits per heavy atom. The molecule has 2 heterocycles. The zero-order valence-electron chi connectivity index (χ0n) is 8.61. The van der Waals surface area contributed by atoms with Crippen LogP contribution in [0.15, 0.2) is 38.7 Å². The van der Waals surface area contributed by atoms with Crippen LogP contribution in [0.3, 0.4) is 0 Å². The van der Waals surface area contributed by atoms with Crippen LogP contribution in [0.25, 0.3) is 0 Å². The molecule has 0 spiro atoms. The highest BCUT2D eigenvalue weighted by Gasteiger charge is 2.07. The average molecular weight is 299 g/mol. The van der Waals surface area contributed by atoms with Crippen molar-refractivity contribution in [1.29, 1.82) is 0 Å². The van der Waals surface area contributed by atoms with Gasteiger partial charge >= 0.3 is 0 Å². The van der Waals surface area contributed by atoms with Crippen molar-refractivity contribution in [3.8, 4) is 0 Å². The van der Waals surface area contributed by atoms with Gasteiger partial charge in [0.1, 0.15) is 11.5 Å². The molecule has 16 heavy (non-hydrogen) atoms. The maximum absolute atomic E-state index is 11.7. The van der Waals surface area contributed by atoms with Gasteiger partial charge in [-0.05, 0) is 40.2 Å². The molecule has 2 nitrogen and oxygen atoms in total. The Bertz CT molecular complexity index is 459. The van der Waals surface area contributed by atoms with Gasteiger partial charge in [-0.2, -0.15) is 0 Å². The molecule has 0 atom stereocenters. The average Bonchev–Trinajstić information content (AvgIpc) is 2.87. The first kappa shape index (κ1) is 11.6. The quantitative estimate of drug-likeness (QED) is 0.839. The van der Waals surface area contributed by atoms with Crippen LogP contribution in [-0.4, -0.2) is 5.78 Å². The van der Waals surface area contributed by atoms with Crippen LogP contribution >= 0.6 is 27.3 Å². The molecule has 0 radical (unpaired) electrons. The Morgan fingerprint density at radius 3 is 2.88 bits per heavy atom. The Balaban J connectivity index is 1.81. The highest BCUT2D eigenvalue weighted by molar-refractivity contribution is 9.11. The van der Waals surface area contributed by atoms with E-state index in [1.807, 2.05) is 24.3 Å². The van der Waals surface area contributed by atoms with Gasteiger partial charge in [0.15, 0.2) is 0 Å². The van der Waals surface area contributed by atoms with Gasteiger partial charge in [0, 0.05) is 24.1 Å². The van der Waals surface area contributed by atoms with E-state index in [0.29, 0.717) is 19.3 Å². The molecular formula is C12H11BrO2S. The van der Waals surface area contributed by atoms with Crippen LogP contribution in [0.5, 0.6) is 0 Å². The predicted molar refractivity (Wildman–Crippen MR) is 67.8 cm³/mol. The number of furan rings is 1. The minimum Gasteiger partial charge on any atom is -0.469 e. The number of aryl methyl sites for hydroxylation is 1. The first-order valence-electron chi connectivity index (χ1n) is 5.02. The maximum atomic E-state index is 11.7. The molecule has 0 aliphatic carbocycles. The molecule has 0 fully saturated rings. The topological polar surface area (TPSA) is 30.2 Å². The lowest BCUT2D eigenvalue weighted by Crippen LogP contribution is -2.02. The number of thiophene rings is 1. The van der Waals surface area contributed by atoms with Crippen molar-refractivity contribution in [2.24, 2.45) is 0 Å². The lowest BCUT2D eigenvalue weighted by atomic mass is 10.1. The van der Waals surface area contributed by atoms with Crippen LogP contribution in [0, 0.1) is 0 Å². The van der Waals surface area contributed by atoms with Crippen molar-refractivity contribution in [2.45, 2.75) is 19.3 Å². The molecule has 0 amide bonds. The second-order valence-electron chi connectivity index (χ2n) is 3.50. The van der Waals surface area contributed by atoms with Crippen molar-refractivity contribution in [2.75, 3.05) is 0 Å². The van der Waals surface area contributed by atoms with E-state index in [-0.39, 0.29) is 5.78 Å². The summed E-state index contributed by atoms with van der Waals surface area (Å²) in [4.78, 5) is 12.8. The second-order valence-corrected chi connectivity index (χ2v) is 6.05. The normalized spacial score (nSPS) is 10.6. The first-order valence-corrected chi connectivity index (χ1v) is 6.63. The summed E-state index contributed by atoms with van der Waals surface area (Å²) in [5.41, 5.74) is 0. The largest absolute Gasteiger partial charge is 0.469 e. The SMILES string of the molecule is O=C(CCc1ccco1)Cc1ccc(Br)s1. The number of ketones is 1. The number of carbonyl (C=O) groups is 1. The third-order valence-corrected chi connectivity index (χ3v) is 3.85. The lowest BCUT2D eigenvalue weighted by Gasteiger charge is -1.97. The van der Waals surface area contributed by atoms with Gasteiger partial charge in [0.25, 0.3) is 0 Å². The third kappa shape index (κ3) is 3.32. The van der Waals surface area contributed by atoms with E-state index in [9.17, 15) is 4.79 Å². The van der Waals surface area contributed by atoms with Gasteiger partial charge in [-0.3, -0.25) is 4.79 Å². The highest BCUT2D eigenvalue weighted by Crippen LogP contribution is 2.22. The molecule has 0 saturated heterocycles. The monoisotopic (exact) mass is 298 g/mol. The smallest absolute Gasteiger partial charge is 0.138 e. The molecule has 0 saturated carbocycles. The highest BCUT2D eigenvalue weighted by atomic mass is 79.9. The minimum absolute atomic E-state index is 0.255. The van der Waals surface area contributed by atoms with E-state index in [2.05, 4.69) is 15.9 Å². The molecule has 2 aromatic heterocycles. The van der Waals surface area contributed by atoms with Crippen LogP contribution in [0.1, 0.15) is 17.1 Å². The van der Waals surface area contributed by atoms with E-state index in [1.165, 1.54) is 0 Å². The molecule has 4 heteroatoms. The van der Waals surface area contributed by atoms with Gasteiger partial charge < -0.3 is 4.42 Å². The molecule has 0 bridgehead atoms. The summed E-state index contributed by atoms with van der Waals surface area (Å²) in [7, 11) is 0. The summed E-state index contributed by atoms with van der Waals surface area (Å²) in [6, 6.07) is 7.70. The maximum Gasteiger partial charge on any atom is 0.138 e. The zero-order chi connectivity index (χ0) is 11.4. The van der Waals surface area contributed by atoms with E-state index in [1.54, 1.807) is 17.6 Å². The fourth-order valence-corrected chi connectivity index (χ4v) is 2.96. The Morgan fingerprint density at radius 1 is 1.38 bits per heavy atom. The molecule has 0 aliphatic rings. The lowest BCUT2D eigenvalue weighted by molar-refractivity contribution is -0.118. The zero-order valence-corrected chi connectivity index (χ0v) is 11.0. The van der Waals surface area contributed by atoms with Crippen molar-refractivity contribution < 1.29 is 9.21 Å². The molecule has 84 valence electrons. The van der Waals surface area contributed by atoms with Crippen molar-refractivity contribution in [3.05, 3.63) is 45.0 Å². The Hall–Kier alpha value is -0.870. The number of hydrogen-bond acceptors (Lipinski definition) is 3. The predicted octanol–water partition coefficient (Wildman–Crippen LogP) is 3.85. The number of hydrogen-bond donors (Lipinski definition) is 0. The minimum atomic E-state index is 0.255. The van der Waals surface area contributed by atoms with Gasteiger partial charge in [0.05, 0.1) is 10.0 Å².